The van der Waals surface area contributed by atoms with Crippen LogP contribution in [0.1, 0.15) is 11.1 Å². The molecule has 0 aliphatic carbocycles. The fourth-order valence-corrected chi connectivity index (χ4v) is 2.74. The predicted molar refractivity (Wildman–Crippen MR) is 80.0 cm³/mol. The van der Waals surface area contributed by atoms with E-state index in [0.29, 0.717) is 22.1 Å². The number of nitrogens with zero attached hydrogens (tertiary/aromatic N) is 3. The quantitative estimate of drug-likeness (QED) is 0.698. The lowest BCUT2D eigenvalue weighted by Crippen LogP contribution is -2.19. The highest BCUT2D eigenvalue weighted by Gasteiger charge is 2.07. The van der Waals surface area contributed by atoms with Crippen LogP contribution in [0.4, 0.5) is 4.39 Å². The molecule has 6 heteroatoms. The third kappa shape index (κ3) is 2.95. The lowest BCUT2D eigenvalue weighted by atomic mass is 10.2. The molecule has 2 aromatic heterocycles. The van der Waals surface area contributed by atoms with Crippen LogP contribution in [-0.4, -0.2) is 14.4 Å². The van der Waals surface area contributed by atoms with Crippen LogP contribution in [-0.2, 0) is 5.75 Å². The van der Waals surface area contributed by atoms with Gasteiger partial charge >= 0.3 is 5.69 Å². The summed E-state index contributed by atoms with van der Waals surface area (Å²) < 4.78 is 15.0. The van der Waals surface area contributed by atoms with Gasteiger partial charge in [-0.05, 0) is 30.2 Å². The molecule has 1 aromatic carbocycles. The summed E-state index contributed by atoms with van der Waals surface area (Å²) in [4.78, 5) is 20.2. The van der Waals surface area contributed by atoms with Crippen LogP contribution in [0.15, 0.2) is 52.5 Å². The molecule has 0 radical (unpaired) electrons. The lowest BCUT2D eigenvalue weighted by molar-refractivity contribution is 0.617. The van der Waals surface area contributed by atoms with Crippen LogP contribution in [0.5, 0.6) is 0 Å². The normalized spacial score (nSPS) is 11.0. The summed E-state index contributed by atoms with van der Waals surface area (Å²) in [5, 5.41) is 0.354. The fraction of sp³-hybridized carbons (Fsp3) is 0.133. The van der Waals surface area contributed by atoms with Gasteiger partial charge in [0.15, 0.2) is 5.16 Å². The Morgan fingerprint density at radius 3 is 2.81 bits per heavy atom. The fourth-order valence-electron chi connectivity index (χ4n) is 1.92. The van der Waals surface area contributed by atoms with Gasteiger partial charge in [0.25, 0.3) is 0 Å². The van der Waals surface area contributed by atoms with E-state index in [0.717, 1.165) is 5.56 Å². The summed E-state index contributed by atoms with van der Waals surface area (Å²) in [5.74, 6) is 0.117. The van der Waals surface area contributed by atoms with E-state index in [1.807, 2.05) is 13.0 Å². The van der Waals surface area contributed by atoms with E-state index in [-0.39, 0.29) is 11.5 Å². The van der Waals surface area contributed by atoms with E-state index in [1.54, 1.807) is 30.5 Å². The van der Waals surface area contributed by atoms with Gasteiger partial charge in [0.1, 0.15) is 11.5 Å². The number of halogens is 1. The zero-order chi connectivity index (χ0) is 14.8. The average molecular weight is 301 g/mol. The van der Waals surface area contributed by atoms with Crippen LogP contribution in [0.25, 0.3) is 5.65 Å². The number of aryl methyl sites for hydroxylation is 1. The molecular weight excluding hydrogens is 289 g/mol. The molecule has 4 nitrogen and oxygen atoms in total. The van der Waals surface area contributed by atoms with E-state index < -0.39 is 0 Å². The summed E-state index contributed by atoms with van der Waals surface area (Å²) >= 11 is 1.25. The van der Waals surface area contributed by atoms with E-state index in [1.165, 1.54) is 22.2 Å². The summed E-state index contributed by atoms with van der Waals surface area (Å²) in [7, 11) is 0. The first-order valence-electron chi connectivity index (χ1n) is 6.37. The van der Waals surface area contributed by atoms with Gasteiger partial charge in [-0.1, -0.05) is 36.0 Å². The summed E-state index contributed by atoms with van der Waals surface area (Å²) in [6, 6.07) is 10.2. The molecule has 21 heavy (non-hydrogen) atoms. The van der Waals surface area contributed by atoms with Crippen LogP contribution in [0, 0.1) is 12.7 Å². The predicted octanol–water partition coefficient (Wildman–Crippen LogP) is 2.83. The zero-order valence-electron chi connectivity index (χ0n) is 11.3. The summed E-state index contributed by atoms with van der Waals surface area (Å²) in [6.45, 7) is 1.90. The van der Waals surface area contributed by atoms with Gasteiger partial charge < -0.3 is 0 Å². The number of benzene rings is 1. The molecule has 0 N–H and O–H groups in total. The van der Waals surface area contributed by atoms with Gasteiger partial charge in [-0.2, -0.15) is 4.98 Å². The largest absolute Gasteiger partial charge is 0.355 e. The number of rotatable bonds is 3. The highest BCUT2D eigenvalue weighted by atomic mass is 32.2. The minimum Gasteiger partial charge on any atom is -0.251 e. The maximum absolute atomic E-state index is 13.5. The Morgan fingerprint density at radius 2 is 2.00 bits per heavy atom. The van der Waals surface area contributed by atoms with Crippen LogP contribution >= 0.6 is 11.8 Å². The third-order valence-corrected chi connectivity index (χ3v) is 3.89. The molecule has 2 heterocycles. The monoisotopic (exact) mass is 301 g/mol. The molecule has 0 atom stereocenters. The highest BCUT2D eigenvalue weighted by Crippen LogP contribution is 2.20. The van der Waals surface area contributed by atoms with Gasteiger partial charge in [-0.15, -0.1) is 0 Å². The zero-order valence-corrected chi connectivity index (χ0v) is 12.1. The maximum Gasteiger partial charge on any atom is 0.355 e. The Balaban J connectivity index is 1.90. The number of thioether (sulfide) groups is 1. The van der Waals surface area contributed by atoms with Crippen molar-refractivity contribution in [2.75, 3.05) is 0 Å². The van der Waals surface area contributed by atoms with Crippen molar-refractivity contribution in [2.24, 2.45) is 0 Å². The second-order valence-electron chi connectivity index (χ2n) is 4.60. The van der Waals surface area contributed by atoms with E-state index in [4.69, 9.17) is 0 Å². The van der Waals surface area contributed by atoms with E-state index >= 15 is 0 Å². The Kier molecular flexibility index (Phi) is 3.70. The van der Waals surface area contributed by atoms with E-state index in [2.05, 4.69) is 9.97 Å². The van der Waals surface area contributed by atoms with Crippen molar-refractivity contribution in [1.82, 2.24) is 14.4 Å². The van der Waals surface area contributed by atoms with Crippen molar-refractivity contribution in [3.05, 3.63) is 70.0 Å². The third-order valence-electron chi connectivity index (χ3n) is 3.00. The molecule has 3 aromatic rings. The van der Waals surface area contributed by atoms with E-state index in [9.17, 15) is 9.18 Å². The molecular formula is C15H12FN3OS. The highest BCUT2D eigenvalue weighted by molar-refractivity contribution is 7.98. The topological polar surface area (TPSA) is 47.3 Å². The smallest absolute Gasteiger partial charge is 0.251 e. The van der Waals surface area contributed by atoms with Gasteiger partial charge in [-0.25, -0.2) is 14.2 Å². The first-order valence-corrected chi connectivity index (χ1v) is 7.35. The number of fused-ring (bicyclic) bond motifs is 1. The van der Waals surface area contributed by atoms with Crippen LogP contribution < -0.4 is 5.69 Å². The second kappa shape index (κ2) is 5.65. The number of pyridine rings is 1. The molecule has 0 spiro atoms. The van der Waals surface area contributed by atoms with Crippen molar-refractivity contribution in [2.45, 2.75) is 17.8 Å². The summed E-state index contributed by atoms with van der Waals surface area (Å²) in [6.07, 6.45) is 1.70. The van der Waals surface area contributed by atoms with Crippen molar-refractivity contribution < 1.29 is 4.39 Å². The average Bonchev–Trinajstić information content (AvgIpc) is 2.47. The Labute approximate surface area is 124 Å². The molecule has 0 saturated carbocycles. The van der Waals surface area contributed by atoms with Gasteiger partial charge in [0, 0.05) is 11.9 Å². The standard InChI is InChI=1S/C15H12FN3OS/c1-10-6-7-13-17-14(18-15(20)19(13)8-10)21-9-11-4-2-3-5-12(11)16/h2-8H,9H2,1H3. The molecule has 3 rings (SSSR count). The number of hydrogen-bond acceptors (Lipinski definition) is 4. The minimum absolute atomic E-state index is 0.266. The van der Waals surface area contributed by atoms with Crippen molar-refractivity contribution >= 4 is 17.4 Å². The molecule has 0 amide bonds. The SMILES string of the molecule is Cc1ccc2nc(SCc3ccccc3F)nc(=O)n2c1. The van der Waals surface area contributed by atoms with Crippen molar-refractivity contribution in [3.8, 4) is 0 Å². The maximum atomic E-state index is 13.5. The molecule has 0 fully saturated rings. The van der Waals surface area contributed by atoms with Crippen molar-refractivity contribution in [3.63, 3.8) is 0 Å². The number of aromatic nitrogens is 3. The Morgan fingerprint density at radius 1 is 1.19 bits per heavy atom. The van der Waals surface area contributed by atoms with Crippen LogP contribution in [0.3, 0.4) is 0 Å². The Hall–Kier alpha value is -2.21. The second-order valence-corrected chi connectivity index (χ2v) is 5.55. The van der Waals surface area contributed by atoms with Gasteiger partial charge in [-0.3, -0.25) is 4.40 Å². The van der Waals surface area contributed by atoms with Crippen molar-refractivity contribution in [1.29, 1.82) is 0 Å². The lowest BCUT2D eigenvalue weighted by Gasteiger charge is -2.04. The Bertz CT molecular complexity index is 863. The molecule has 0 unspecified atom stereocenters. The first-order chi connectivity index (χ1) is 10.1. The molecule has 106 valence electrons. The van der Waals surface area contributed by atoms with Gasteiger partial charge in [0.2, 0.25) is 0 Å². The first kappa shape index (κ1) is 13.8. The number of hydrogen-bond donors (Lipinski definition) is 0. The molecule has 0 aliphatic rings. The minimum atomic E-state index is -0.375. The molecule has 0 saturated heterocycles. The van der Waals surface area contributed by atoms with Gasteiger partial charge in [0.05, 0.1) is 0 Å². The van der Waals surface area contributed by atoms with Crippen LogP contribution in [0.2, 0.25) is 0 Å². The molecule has 0 bridgehead atoms. The molecule has 0 aliphatic heterocycles. The summed E-state index contributed by atoms with van der Waals surface area (Å²) in [5.41, 5.74) is 1.69.